The van der Waals surface area contributed by atoms with Crippen LogP contribution in [0.1, 0.15) is 11.7 Å². The second kappa shape index (κ2) is 8.14. The maximum atomic E-state index is 9.08. The largest absolute Gasteiger partial charge is 0.395 e. The molecule has 0 aliphatic heterocycles. The van der Waals surface area contributed by atoms with Crippen molar-refractivity contribution < 1.29 is 9.84 Å². The minimum atomic E-state index is 0.0264. The zero-order valence-electron chi connectivity index (χ0n) is 10.2. The molecule has 0 aliphatic carbocycles. The minimum Gasteiger partial charge on any atom is -0.395 e. The normalized spacial score (nSPS) is 12.9. The van der Waals surface area contributed by atoms with Gasteiger partial charge in [-0.2, -0.15) is 0 Å². The molecule has 1 aromatic rings. The number of nitrogens with zero attached hydrogens (tertiary/aromatic N) is 2. The highest BCUT2D eigenvalue weighted by Crippen LogP contribution is 2.16. The highest BCUT2D eigenvalue weighted by Gasteiger charge is 2.19. The van der Waals surface area contributed by atoms with E-state index in [0.29, 0.717) is 19.7 Å². The molecule has 0 radical (unpaired) electrons. The predicted octanol–water partition coefficient (Wildman–Crippen LogP) is 0.0221. The van der Waals surface area contributed by atoms with Crippen molar-refractivity contribution >= 4 is 0 Å². The number of aromatic nitrogens is 1. The predicted molar refractivity (Wildman–Crippen MR) is 66.6 cm³/mol. The molecule has 0 spiro atoms. The van der Waals surface area contributed by atoms with E-state index in [-0.39, 0.29) is 12.6 Å². The van der Waals surface area contributed by atoms with Crippen molar-refractivity contribution in [1.82, 2.24) is 9.88 Å². The van der Waals surface area contributed by atoms with Crippen LogP contribution in [0.3, 0.4) is 0 Å². The minimum absolute atomic E-state index is 0.0264. The van der Waals surface area contributed by atoms with Crippen LogP contribution in [-0.2, 0) is 4.74 Å². The number of pyridine rings is 1. The van der Waals surface area contributed by atoms with Crippen molar-refractivity contribution in [2.75, 3.05) is 40.0 Å². The fourth-order valence-corrected chi connectivity index (χ4v) is 1.79. The number of methoxy groups -OCH3 is 1. The van der Waals surface area contributed by atoms with Gasteiger partial charge in [-0.3, -0.25) is 9.88 Å². The summed E-state index contributed by atoms with van der Waals surface area (Å²) in [7, 11) is 1.66. The van der Waals surface area contributed by atoms with Crippen LogP contribution in [0.2, 0.25) is 0 Å². The van der Waals surface area contributed by atoms with Crippen molar-refractivity contribution in [2.45, 2.75) is 6.04 Å². The van der Waals surface area contributed by atoms with E-state index in [1.165, 1.54) is 0 Å². The van der Waals surface area contributed by atoms with Gasteiger partial charge in [-0.05, 0) is 12.1 Å². The Morgan fingerprint density at radius 3 is 2.82 bits per heavy atom. The molecule has 1 atom stereocenters. The van der Waals surface area contributed by atoms with Gasteiger partial charge < -0.3 is 15.6 Å². The number of aliphatic hydroxyl groups excluding tert-OH is 1. The average molecular weight is 239 g/mol. The lowest BCUT2D eigenvalue weighted by Gasteiger charge is -2.29. The molecule has 17 heavy (non-hydrogen) atoms. The first kappa shape index (κ1) is 14.1. The van der Waals surface area contributed by atoms with E-state index in [1.54, 1.807) is 13.3 Å². The van der Waals surface area contributed by atoms with Crippen molar-refractivity contribution in [3.05, 3.63) is 30.1 Å². The van der Waals surface area contributed by atoms with E-state index < -0.39 is 0 Å². The fourth-order valence-electron chi connectivity index (χ4n) is 1.79. The van der Waals surface area contributed by atoms with E-state index in [2.05, 4.69) is 9.88 Å². The third kappa shape index (κ3) is 4.40. The van der Waals surface area contributed by atoms with Gasteiger partial charge in [0.1, 0.15) is 0 Å². The summed E-state index contributed by atoms with van der Waals surface area (Å²) >= 11 is 0. The molecule has 1 heterocycles. The van der Waals surface area contributed by atoms with Gasteiger partial charge in [0, 0.05) is 32.9 Å². The Morgan fingerprint density at radius 1 is 1.47 bits per heavy atom. The molecule has 0 saturated carbocycles. The van der Waals surface area contributed by atoms with Crippen LogP contribution in [0.4, 0.5) is 0 Å². The molecule has 0 saturated heterocycles. The summed E-state index contributed by atoms with van der Waals surface area (Å²) in [5.41, 5.74) is 6.73. The first-order valence-corrected chi connectivity index (χ1v) is 5.78. The Labute approximate surface area is 102 Å². The number of hydrogen-bond donors (Lipinski definition) is 2. The van der Waals surface area contributed by atoms with E-state index >= 15 is 0 Å². The van der Waals surface area contributed by atoms with Crippen LogP contribution >= 0.6 is 0 Å². The molecule has 1 unspecified atom stereocenters. The summed E-state index contributed by atoms with van der Waals surface area (Å²) in [6.45, 7) is 2.49. The Bertz CT molecular complexity index is 295. The molecule has 3 N–H and O–H groups in total. The lowest BCUT2D eigenvalue weighted by atomic mass is 10.1. The van der Waals surface area contributed by atoms with Crippen molar-refractivity contribution in [3.8, 4) is 0 Å². The van der Waals surface area contributed by atoms with Crippen LogP contribution in [0.5, 0.6) is 0 Å². The molecular formula is C12H21N3O2. The van der Waals surface area contributed by atoms with E-state index in [0.717, 1.165) is 12.2 Å². The number of aliphatic hydroxyl groups is 1. The lowest BCUT2D eigenvalue weighted by molar-refractivity contribution is 0.102. The molecule has 0 amide bonds. The standard InChI is InChI=1S/C12H21N3O2/c1-17-9-7-15(6-8-16)12(10-13)11-4-2-3-5-14-11/h2-5,12,16H,6-10,13H2,1H3. The molecule has 1 rings (SSSR count). The second-order valence-electron chi connectivity index (χ2n) is 3.76. The van der Waals surface area contributed by atoms with Gasteiger partial charge in [-0.1, -0.05) is 6.07 Å². The number of nitrogens with two attached hydrogens (primary N) is 1. The molecule has 0 bridgehead atoms. The summed E-state index contributed by atoms with van der Waals surface area (Å²) in [4.78, 5) is 6.41. The van der Waals surface area contributed by atoms with Gasteiger partial charge in [0.15, 0.2) is 0 Å². The summed E-state index contributed by atoms with van der Waals surface area (Å²) in [5, 5.41) is 9.08. The molecule has 5 nitrogen and oxygen atoms in total. The van der Waals surface area contributed by atoms with E-state index in [1.807, 2.05) is 18.2 Å². The first-order chi connectivity index (χ1) is 8.33. The van der Waals surface area contributed by atoms with E-state index in [9.17, 15) is 0 Å². The zero-order valence-corrected chi connectivity index (χ0v) is 10.2. The Balaban J connectivity index is 2.73. The number of hydrogen-bond acceptors (Lipinski definition) is 5. The highest BCUT2D eigenvalue weighted by molar-refractivity contribution is 5.09. The van der Waals surface area contributed by atoms with Gasteiger partial charge in [-0.25, -0.2) is 0 Å². The van der Waals surface area contributed by atoms with Crippen LogP contribution in [0.25, 0.3) is 0 Å². The zero-order chi connectivity index (χ0) is 12.5. The topological polar surface area (TPSA) is 71.6 Å². The first-order valence-electron chi connectivity index (χ1n) is 5.78. The van der Waals surface area contributed by atoms with Gasteiger partial charge in [0.25, 0.3) is 0 Å². The third-order valence-corrected chi connectivity index (χ3v) is 2.66. The van der Waals surface area contributed by atoms with Crippen molar-refractivity contribution in [1.29, 1.82) is 0 Å². The molecule has 0 aliphatic rings. The molecule has 0 fully saturated rings. The Kier molecular flexibility index (Phi) is 6.73. The molecular weight excluding hydrogens is 218 g/mol. The smallest absolute Gasteiger partial charge is 0.0646 e. The van der Waals surface area contributed by atoms with Crippen LogP contribution in [0.15, 0.2) is 24.4 Å². The SMILES string of the molecule is COCCN(CCO)C(CN)c1ccccn1. The molecule has 0 aromatic carbocycles. The summed E-state index contributed by atoms with van der Waals surface area (Å²) in [5.74, 6) is 0. The maximum absolute atomic E-state index is 9.08. The number of rotatable bonds is 8. The second-order valence-corrected chi connectivity index (χ2v) is 3.76. The van der Waals surface area contributed by atoms with Crippen molar-refractivity contribution in [3.63, 3.8) is 0 Å². The van der Waals surface area contributed by atoms with Crippen molar-refractivity contribution in [2.24, 2.45) is 5.73 Å². The third-order valence-electron chi connectivity index (χ3n) is 2.66. The molecule has 1 aromatic heterocycles. The fraction of sp³-hybridized carbons (Fsp3) is 0.583. The van der Waals surface area contributed by atoms with Gasteiger partial charge in [-0.15, -0.1) is 0 Å². The summed E-state index contributed by atoms with van der Waals surface area (Å²) in [6.07, 6.45) is 1.76. The lowest BCUT2D eigenvalue weighted by Crippen LogP contribution is -2.38. The Hall–Kier alpha value is -1.01. The summed E-state index contributed by atoms with van der Waals surface area (Å²) < 4.78 is 5.06. The van der Waals surface area contributed by atoms with Crippen LogP contribution in [-0.4, -0.2) is 54.9 Å². The number of ether oxygens (including phenoxy) is 1. The molecule has 96 valence electrons. The quantitative estimate of drug-likeness (QED) is 0.669. The van der Waals surface area contributed by atoms with Gasteiger partial charge in [0.2, 0.25) is 0 Å². The van der Waals surface area contributed by atoms with Crippen LogP contribution < -0.4 is 5.73 Å². The highest BCUT2D eigenvalue weighted by atomic mass is 16.5. The van der Waals surface area contributed by atoms with E-state index in [4.69, 9.17) is 15.6 Å². The van der Waals surface area contributed by atoms with Gasteiger partial charge in [0.05, 0.1) is 24.9 Å². The van der Waals surface area contributed by atoms with Gasteiger partial charge >= 0.3 is 0 Å². The average Bonchev–Trinajstić information content (AvgIpc) is 2.38. The maximum Gasteiger partial charge on any atom is 0.0646 e. The molecule has 5 heteroatoms. The monoisotopic (exact) mass is 239 g/mol. The Morgan fingerprint density at radius 2 is 2.29 bits per heavy atom. The summed E-state index contributed by atoms with van der Waals surface area (Å²) in [6, 6.07) is 5.80. The van der Waals surface area contributed by atoms with Crippen LogP contribution in [0, 0.1) is 0 Å².